The van der Waals surface area contributed by atoms with E-state index in [-0.39, 0.29) is 29.1 Å². The molecule has 0 spiro atoms. The molecule has 0 fully saturated rings. The Morgan fingerprint density at radius 3 is 2.92 bits per heavy atom. The maximum atomic E-state index is 13.2. The van der Waals surface area contributed by atoms with Crippen LogP contribution in [0.5, 0.6) is 0 Å². The highest BCUT2D eigenvalue weighted by Gasteiger charge is 2.15. The van der Waals surface area contributed by atoms with Crippen LogP contribution in [0, 0.1) is 5.82 Å². The van der Waals surface area contributed by atoms with Gasteiger partial charge in [-0.15, -0.1) is 5.10 Å². The lowest BCUT2D eigenvalue weighted by Crippen LogP contribution is -2.22. The van der Waals surface area contributed by atoms with E-state index < -0.39 is 5.82 Å². The van der Waals surface area contributed by atoms with Crippen molar-refractivity contribution in [1.29, 1.82) is 0 Å². The van der Waals surface area contributed by atoms with Crippen LogP contribution in [0.4, 0.5) is 10.1 Å². The molecule has 0 atom stereocenters. The molecule has 24 heavy (non-hydrogen) atoms. The Morgan fingerprint density at radius 1 is 1.46 bits per heavy atom. The fourth-order valence-electron chi connectivity index (χ4n) is 1.55. The van der Waals surface area contributed by atoms with E-state index in [4.69, 9.17) is 23.2 Å². The van der Waals surface area contributed by atoms with Crippen molar-refractivity contribution in [2.75, 3.05) is 0 Å². The number of halogens is 2. The summed E-state index contributed by atoms with van der Waals surface area (Å²) in [5.41, 5.74) is 7.90. The zero-order chi connectivity index (χ0) is 17.5. The smallest absolute Gasteiger partial charge is 0.237 e. The maximum absolute atomic E-state index is 13.2. The Labute approximate surface area is 143 Å². The molecule has 6 N–H and O–H groups in total. The zero-order valence-corrected chi connectivity index (χ0v) is 13.5. The Hall–Kier alpha value is -2.70. The SMILES string of the molecule is N/N=N\C(N)=NCc1snnc1C(=Nc1ccc(F)c(Cl)c1)NO. The third-order valence-electron chi connectivity index (χ3n) is 2.58. The molecule has 0 aliphatic carbocycles. The molecule has 0 aliphatic heterocycles. The van der Waals surface area contributed by atoms with Gasteiger partial charge in [0.2, 0.25) is 5.96 Å². The summed E-state index contributed by atoms with van der Waals surface area (Å²) >= 11 is 6.72. The first kappa shape index (κ1) is 17.7. The standard InChI is InChI=1S/C11H11ClFN9OS/c12-6-3-5(1-2-7(6)13)17-10(20-23)9-8(24-22-18-9)4-16-11(14)19-21-15/h1-3,23H,4H2,(H,17,20)(H4,14,15,16,19). The molecule has 0 radical (unpaired) electrons. The van der Waals surface area contributed by atoms with Gasteiger partial charge < -0.3 is 11.6 Å². The number of hydrogen-bond donors (Lipinski definition) is 4. The van der Waals surface area contributed by atoms with Crippen LogP contribution in [-0.4, -0.2) is 26.6 Å². The van der Waals surface area contributed by atoms with Gasteiger partial charge in [0.15, 0.2) is 5.84 Å². The molecule has 0 saturated carbocycles. The van der Waals surface area contributed by atoms with E-state index in [1.807, 2.05) is 5.48 Å². The number of nitrogens with one attached hydrogen (secondary N) is 1. The van der Waals surface area contributed by atoms with Crippen LogP contribution in [0.1, 0.15) is 10.6 Å². The number of benzene rings is 1. The van der Waals surface area contributed by atoms with Crippen molar-refractivity contribution < 1.29 is 9.60 Å². The van der Waals surface area contributed by atoms with Crippen molar-refractivity contribution in [2.45, 2.75) is 6.54 Å². The second kappa shape index (κ2) is 8.24. The number of rotatable bonds is 4. The summed E-state index contributed by atoms with van der Waals surface area (Å²) in [6.45, 7) is 0.0722. The molecular formula is C11H11ClFN9OS. The quantitative estimate of drug-likeness (QED) is 0.209. The summed E-state index contributed by atoms with van der Waals surface area (Å²) in [5.74, 6) is 4.14. The summed E-state index contributed by atoms with van der Waals surface area (Å²) in [6.07, 6.45) is 0. The number of nitrogens with two attached hydrogens (primary N) is 2. The molecule has 0 bridgehead atoms. The summed E-state index contributed by atoms with van der Waals surface area (Å²) in [5, 5.41) is 19.4. The van der Waals surface area contributed by atoms with Crippen LogP contribution in [0.3, 0.4) is 0 Å². The predicted octanol–water partition coefficient (Wildman–Crippen LogP) is 1.53. The highest BCUT2D eigenvalue weighted by Crippen LogP contribution is 2.23. The fourth-order valence-corrected chi connectivity index (χ4v) is 2.29. The molecule has 10 nitrogen and oxygen atoms in total. The number of aromatic nitrogens is 2. The average molecular weight is 372 g/mol. The normalized spacial score (nSPS) is 12.8. The summed E-state index contributed by atoms with van der Waals surface area (Å²) in [6, 6.07) is 3.83. The Morgan fingerprint density at radius 2 is 2.25 bits per heavy atom. The van der Waals surface area contributed by atoms with E-state index >= 15 is 0 Å². The summed E-state index contributed by atoms with van der Waals surface area (Å²) in [7, 11) is 0. The van der Waals surface area contributed by atoms with Gasteiger partial charge in [-0.3, -0.25) is 10.7 Å². The first-order valence-electron chi connectivity index (χ1n) is 6.21. The minimum Gasteiger partial charge on any atom is -0.367 e. The third-order valence-corrected chi connectivity index (χ3v) is 3.57. The van der Waals surface area contributed by atoms with Crippen molar-refractivity contribution in [3.05, 3.63) is 39.6 Å². The van der Waals surface area contributed by atoms with Crippen LogP contribution in [0.15, 0.2) is 38.5 Å². The van der Waals surface area contributed by atoms with E-state index in [0.29, 0.717) is 10.6 Å². The van der Waals surface area contributed by atoms with E-state index in [1.165, 1.54) is 12.1 Å². The van der Waals surface area contributed by atoms with Gasteiger partial charge in [-0.2, -0.15) is 0 Å². The van der Waals surface area contributed by atoms with Crippen LogP contribution < -0.4 is 17.1 Å². The van der Waals surface area contributed by atoms with E-state index in [2.05, 4.69) is 29.9 Å². The first-order valence-corrected chi connectivity index (χ1v) is 7.36. The second-order valence-electron chi connectivity index (χ2n) is 4.11. The zero-order valence-electron chi connectivity index (χ0n) is 11.9. The second-order valence-corrected chi connectivity index (χ2v) is 5.35. The third kappa shape index (κ3) is 4.41. The number of hydroxylamine groups is 1. The van der Waals surface area contributed by atoms with Gasteiger partial charge >= 0.3 is 0 Å². The molecule has 0 amide bonds. The molecular weight excluding hydrogens is 361 g/mol. The number of amidine groups is 1. The molecule has 1 heterocycles. The highest BCUT2D eigenvalue weighted by atomic mass is 35.5. The average Bonchev–Trinajstić information content (AvgIpc) is 3.02. The topological polar surface area (TPSA) is 160 Å². The van der Waals surface area contributed by atoms with E-state index in [1.54, 1.807) is 0 Å². The Bertz CT molecular complexity index is 807. The Kier molecular flexibility index (Phi) is 6.06. The van der Waals surface area contributed by atoms with Gasteiger partial charge in [0, 0.05) is 0 Å². The van der Waals surface area contributed by atoms with Gasteiger partial charge in [-0.25, -0.2) is 14.4 Å². The molecule has 2 aromatic rings. The van der Waals surface area contributed by atoms with Crippen LogP contribution in [0.2, 0.25) is 5.02 Å². The molecule has 2 rings (SSSR count). The first-order chi connectivity index (χ1) is 11.5. The summed E-state index contributed by atoms with van der Waals surface area (Å²) < 4.78 is 16.9. The molecule has 1 aromatic heterocycles. The lowest BCUT2D eigenvalue weighted by Gasteiger charge is -2.04. The molecule has 0 saturated heterocycles. The van der Waals surface area contributed by atoms with Crippen molar-refractivity contribution in [1.82, 2.24) is 15.1 Å². The van der Waals surface area contributed by atoms with Gasteiger partial charge in [0.05, 0.1) is 22.1 Å². The number of hydrogen-bond acceptors (Lipinski definition) is 7. The number of aliphatic imine (C=N–C) groups is 2. The molecule has 0 unspecified atom stereocenters. The molecule has 0 aliphatic rings. The molecule has 1 aromatic carbocycles. The van der Waals surface area contributed by atoms with Gasteiger partial charge in [-0.05, 0) is 29.7 Å². The molecule has 126 valence electrons. The fraction of sp³-hybridized carbons (Fsp3) is 0.0909. The van der Waals surface area contributed by atoms with Crippen molar-refractivity contribution >= 4 is 40.6 Å². The van der Waals surface area contributed by atoms with Crippen LogP contribution in [0.25, 0.3) is 0 Å². The minimum atomic E-state index is -0.580. The highest BCUT2D eigenvalue weighted by molar-refractivity contribution is 7.05. The van der Waals surface area contributed by atoms with Gasteiger partial charge in [-0.1, -0.05) is 26.4 Å². The monoisotopic (exact) mass is 371 g/mol. The maximum Gasteiger partial charge on any atom is 0.237 e. The molecule has 13 heteroatoms. The van der Waals surface area contributed by atoms with Gasteiger partial charge in [0.1, 0.15) is 11.5 Å². The number of guanidine groups is 1. The predicted molar refractivity (Wildman–Crippen MR) is 86.8 cm³/mol. The Balaban J connectivity index is 2.31. The minimum absolute atomic E-state index is 0.0179. The lowest BCUT2D eigenvalue weighted by atomic mass is 10.3. The summed E-state index contributed by atoms with van der Waals surface area (Å²) in [4.78, 5) is 8.57. The largest absolute Gasteiger partial charge is 0.367 e. The van der Waals surface area contributed by atoms with E-state index in [9.17, 15) is 9.60 Å². The van der Waals surface area contributed by atoms with Crippen molar-refractivity contribution in [2.24, 2.45) is 31.9 Å². The van der Waals surface area contributed by atoms with E-state index in [0.717, 1.165) is 17.6 Å². The van der Waals surface area contributed by atoms with Crippen LogP contribution in [-0.2, 0) is 6.54 Å². The lowest BCUT2D eigenvalue weighted by molar-refractivity contribution is 0.234. The number of nitrogens with zero attached hydrogens (tertiary/aromatic N) is 6. The van der Waals surface area contributed by atoms with Crippen LogP contribution >= 0.6 is 23.1 Å². The van der Waals surface area contributed by atoms with Crippen molar-refractivity contribution in [3.63, 3.8) is 0 Å². The van der Waals surface area contributed by atoms with Gasteiger partial charge in [0.25, 0.3) is 0 Å². The van der Waals surface area contributed by atoms with Crippen molar-refractivity contribution in [3.8, 4) is 0 Å².